The first-order valence-electron chi connectivity index (χ1n) is 8.08. The average Bonchev–Trinajstić information content (AvgIpc) is 3.06. The van der Waals surface area contributed by atoms with Crippen LogP contribution in [0.4, 0.5) is 4.39 Å². The standard InChI is InChI=1S/C17H18ClFN6S/c1-10(2)9-24-15(18)13(11(3)23-24)8-20-25-16(21-22-17(25)26)12-6-4-5-7-14(12)19/h4-8,10H,9H2,1-3H3,(H,22,26). The summed E-state index contributed by atoms with van der Waals surface area (Å²) in [6, 6.07) is 6.31. The van der Waals surface area contributed by atoms with Crippen LogP contribution in [-0.4, -0.2) is 30.9 Å². The van der Waals surface area contributed by atoms with Crippen molar-refractivity contribution in [3.05, 3.63) is 51.3 Å². The first kappa shape index (κ1) is 18.5. The second-order valence-corrected chi connectivity index (χ2v) is 7.00. The summed E-state index contributed by atoms with van der Waals surface area (Å²) in [6.07, 6.45) is 1.57. The Labute approximate surface area is 160 Å². The molecule has 2 aromatic heterocycles. The lowest BCUT2D eigenvalue weighted by atomic mass is 10.2. The van der Waals surface area contributed by atoms with Crippen LogP contribution in [0.1, 0.15) is 25.1 Å². The summed E-state index contributed by atoms with van der Waals surface area (Å²) in [5.74, 6) is 0.288. The van der Waals surface area contributed by atoms with E-state index < -0.39 is 5.82 Å². The fraction of sp³-hybridized carbons (Fsp3) is 0.294. The highest BCUT2D eigenvalue weighted by molar-refractivity contribution is 7.71. The van der Waals surface area contributed by atoms with Gasteiger partial charge in [0, 0.05) is 6.54 Å². The quantitative estimate of drug-likeness (QED) is 0.515. The van der Waals surface area contributed by atoms with Crippen LogP contribution in [0.5, 0.6) is 0 Å². The van der Waals surface area contributed by atoms with Crippen molar-refractivity contribution in [2.24, 2.45) is 11.0 Å². The molecular formula is C17H18ClFN6S. The molecule has 0 aliphatic rings. The average molecular weight is 393 g/mol. The second kappa shape index (κ2) is 7.51. The highest BCUT2D eigenvalue weighted by atomic mass is 35.5. The van der Waals surface area contributed by atoms with Gasteiger partial charge in [-0.1, -0.05) is 37.6 Å². The van der Waals surface area contributed by atoms with Gasteiger partial charge in [-0.25, -0.2) is 9.49 Å². The summed E-state index contributed by atoms with van der Waals surface area (Å²) in [6.45, 7) is 6.74. The summed E-state index contributed by atoms with van der Waals surface area (Å²) in [5, 5.41) is 16.0. The van der Waals surface area contributed by atoms with Gasteiger partial charge in [0.25, 0.3) is 0 Å². The number of hydrogen-bond donors (Lipinski definition) is 1. The van der Waals surface area contributed by atoms with Crippen molar-refractivity contribution in [1.82, 2.24) is 24.7 Å². The minimum absolute atomic E-state index is 0.253. The zero-order valence-corrected chi connectivity index (χ0v) is 16.1. The van der Waals surface area contributed by atoms with Gasteiger partial charge in [-0.05, 0) is 37.2 Å². The lowest BCUT2D eigenvalue weighted by Gasteiger charge is -2.05. The molecule has 0 atom stereocenters. The van der Waals surface area contributed by atoms with E-state index in [2.05, 4.69) is 34.2 Å². The van der Waals surface area contributed by atoms with E-state index in [1.165, 1.54) is 10.7 Å². The summed E-state index contributed by atoms with van der Waals surface area (Å²) in [5.41, 5.74) is 1.74. The largest absolute Gasteiger partial charge is 0.253 e. The molecule has 6 nitrogen and oxygen atoms in total. The fourth-order valence-electron chi connectivity index (χ4n) is 2.51. The molecule has 0 fully saturated rings. The zero-order chi connectivity index (χ0) is 18.8. The normalized spacial score (nSPS) is 11.8. The minimum Gasteiger partial charge on any atom is -0.253 e. The second-order valence-electron chi connectivity index (χ2n) is 6.25. The number of H-pyrrole nitrogens is 1. The molecule has 0 radical (unpaired) electrons. The van der Waals surface area contributed by atoms with E-state index in [4.69, 9.17) is 23.8 Å². The number of nitrogens with zero attached hydrogens (tertiary/aromatic N) is 5. The number of aromatic nitrogens is 5. The summed E-state index contributed by atoms with van der Waals surface area (Å²) < 4.78 is 17.5. The summed E-state index contributed by atoms with van der Waals surface area (Å²) in [7, 11) is 0. The maximum atomic E-state index is 14.1. The number of hydrogen-bond acceptors (Lipinski definition) is 4. The molecule has 9 heteroatoms. The molecule has 26 heavy (non-hydrogen) atoms. The topological polar surface area (TPSA) is 63.8 Å². The molecule has 0 amide bonds. The van der Waals surface area contributed by atoms with E-state index in [0.717, 1.165) is 5.69 Å². The summed E-state index contributed by atoms with van der Waals surface area (Å²) in [4.78, 5) is 0. The van der Waals surface area contributed by atoms with Crippen molar-refractivity contribution >= 4 is 30.0 Å². The SMILES string of the molecule is Cc1nn(CC(C)C)c(Cl)c1C=Nn1c(-c2ccccc2F)n[nH]c1=S. The molecule has 0 bridgehead atoms. The van der Waals surface area contributed by atoms with E-state index in [0.29, 0.717) is 28.7 Å². The number of aryl methyl sites for hydroxylation is 1. The first-order valence-corrected chi connectivity index (χ1v) is 8.86. The van der Waals surface area contributed by atoms with Crippen LogP contribution in [0.3, 0.4) is 0 Å². The van der Waals surface area contributed by atoms with Crippen LogP contribution in [0.2, 0.25) is 5.15 Å². The molecule has 0 aliphatic heterocycles. The number of rotatable bonds is 5. The highest BCUT2D eigenvalue weighted by Crippen LogP contribution is 2.22. The smallest absolute Gasteiger partial charge is 0.216 e. The van der Waals surface area contributed by atoms with Gasteiger partial charge in [0.05, 0.1) is 23.0 Å². The molecule has 1 aromatic carbocycles. The van der Waals surface area contributed by atoms with Crippen LogP contribution < -0.4 is 0 Å². The molecule has 0 unspecified atom stereocenters. The third kappa shape index (κ3) is 3.61. The van der Waals surface area contributed by atoms with Crippen molar-refractivity contribution in [2.45, 2.75) is 27.3 Å². The Morgan fingerprint density at radius 1 is 1.38 bits per heavy atom. The lowest BCUT2D eigenvalue weighted by Crippen LogP contribution is -2.06. The first-order chi connectivity index (χ1) is 12.4. The van der Waals surface area contributed by atoms with Gasteiger partial charge in [-0.2, -0.15) is 20.0 Å². The Kier molecular flexibility index (Phi) is 5.33. The molecule has 3 rings (SSSR count). The maximum absolute atomic E-state index is 14.1. The molecule has 3 aromatic rings. The van der Waals surface area contributed by atoms with E-state index >= 15 is 0 Å². The Morgan fingerprint density at radius 3 is 2.81 bits per heavy atom. The van der Waals surface area contributed by atoms with E-state index in [9.17, 15) is 4.39 Å². The van der Waals surface area contributed by atoms with Gasteiger partial charge in [-0.3, -0.25) is 4.68 Å². The van der Waals surface area contributed by atoms with Crippen LogP contribution in [0, 0.1) is 23.4 Å². The van der Waals surface area contributed by atoms with E-state index in [1.807, 2.05) is 6.92 Å². The predicted molar refractivity (Wildman–Crippen MR) is 103 cm³/mol. The Morgan fingerprint density at radius 2 is 2.12 bits per heavy atom. The minimum atomic E-state index is -0.406. The Balaban J connectivity index is 2.01. The van der Waals surface area contributed by atoms with E-state index in [1.54, 1.807) is 29.1 Å². The van der Waals surface area contributed by atoms with Crippen molar-refractivity contribution in [1.29, 1.82) is 0 Å². The van der Waals surface area contributed by atoms with Crippen LogP contribution in [-0.2, 0) is 6.54 Å². The maximum Gasteiger partial charge on any atom is 0.216 e. The van der Waals surface area contributed by atoms with Gasteiger partial charge in [0.15, 0.2) is 5.82 Å². The molecular weight excluding hydrogens is 375 g/mol. The van der Waals surface area contributed by atoms with Crippen LogP contribution in [0.25, 0.3) is 11.4 Å². The third-order valence-electron chi connectivity index (χ3n) is 3.71. The molecule has 2 heterocycles. The van der Waals surface area contributed by atoms with Crippen molar-refractivity contribution in [3.63, 3.8) is 0 Å². The van der Waals surface area contributed by atoms with Crippen molar-refractivity contribution in [3.8, 4) is 11.4 Å². The zero-order valence-electron chi connectivity index (χ0n) is 14.6. The number of nitrogens with one attached hydrogen (secondary N) is 1. The summed E-state index contributed by atoms with van der Waals surface area (Å²) >= 11 is 11.6. The molecule has 0 saturated carbocycles. The molecule has 1 N–H and O–H groups in total. The van der Waals surface area contributed by atoms with E-state index in [-0.39, 0.29) is 10.6 Å². The fourth-order valence-corrected chi connectivity index (χ4v) is 2.98. The van der Waals surface area contributed by atoms with Gasteiger partial charge < -0.3 is 0 Å². The van der Waals surface area contributed by atoms with Gasteiger partial charge in [-0.15, -0.1) is 0 Å². The predicted octanol–water partition coefficient (Wildman–Crippen LogP) is 4.44. The van der Waals surface area contributed by atoms with Gasteiger partial charge >= 0.3 is 0 Å². The van der Waals surface area contributed by atoms with Gasteiger partial charge in [0.2, 0.25) is 4.77 Å². The van der Waals surface area contributed by atoms with Crippen LogP contribution in [0.15, 0.2) is 29.4 Å². The third-order valence-corrected chi connectivity index (χ3v) is 4.38. The molecule has 0 spiro atoms. The van der Waals surface area contributed by atoms with Crippen molar-refractivity contribution in [2.75, 3.05) is 0 Å². The number of aromatic amines is 1. The van der Waals surface area contributed by atoms with Crippen LogP contribution >= 0.6 is 23.8 Å². The monoisotopic (exact) mass is 392 g/mol. The van der Waals surface area contributed by atoms with Gasteiger partial charge in [0.1, 0.15) is 11.0 Å². The van der Waals surface area contributed by atoms with Crippen molar-refractivity contribution < 1.29 is 4.39 Å². The molecule has 0 saturated heterocycles. The Hall–Kier alpha value is -2.32. The number of benzene rings is 1. The number of halogens is 2. The molecule has 0 aliphatic carbocycles. The lowest BCUT2D eigenvalue weighted by molar-refractivity contribution is 0.482. The highest BCUT2D eigenvalue weighted by Gasteiger charge is 2.15. The molecule has 136 valence electrons. The Bertz CT molecular complexity index is 1020.